The van der Waals surface area contributed by atoms with E-state index in [4.69, 9.17) is 9.84 Å². The van der Waals surface area contributed by atoms with Crippen molar-refractivity contribution in [1.82, 2.24) is 9.78 Å². The van der Waals surface area contributed by atoms with Crippen LogP contribution in [0.1, 0.15) is 6.92 Å². The molecule has 0 spiro atoms. The summed E-state index contributed by atoms with van der Waals surface area (Å²) in [5.41, 5.74) is 0.307. The molecule has 0 aliphatic heterocycles. The van der Waals surface area contributed by atoms with Gasteiger partial charge in [-0.15, -0.1) is 0 Å². The van der Waals surface area contributed by atoms with Gasteiger partial charge in [0.2, 0.25) is 0 Å². The van der Waals surface area contributed by atoms with E-state index in [1.807, 2.05) is 0 Å². The van der Waals surface area contributed by atoms with Gasteiger partial charge in [-0.1, -0.05) is 0 Å². The fourth-order valence-corrected chi connectivity index (χ4v) is 1.22. The van der Waals surface area contributed by atoms with E-state index in [1.54, 1.807) is 0 Å². The van der Waals surface area contributed by atoms with Crippen molar-refractivity contribution in [3.05, 3.63) is 12.4 Å². The third-order valence-electron chi connectivity index (χ3n) is 2.21. The van der Waals surface area contributed by atoms with Crippen LogP contribution in [-0.4, -0.2) is 46.9 Å². The van der Waals surface area contributed by atoms with E-state index in [1.165, 1.54) is 17.1 Å². The van der Waals surface area contributed by atoms with Crippen molar-refractivity contribution < 1.29 is 23.0 Å². The molecule has 8 heteroatoms. The van der Waals surface area contributed by atoms with Crippen LogP contribution in [0.15, 0.2) is 12.4 Å². The molecule has 0 saturated heterocycles. The van der Waals surface area contributed by atoms with Crippen molar-refractivity contribution >= 4 is 5.69 Å². The molecule has 1 unspecified atom stereocenters. The lowest BCUT2D eigenvalue weighted by Crippen LogP contribution is -2.32. The second-order valence-electron chi connectivity index (χ2n) is 3.74. The van der Waals surface area contributed by atoms with Gasteiger partial charge in [0.15, 0.2) is 0 Å². The topological polar surface area (TPSA) is 59.3 Å². The zero-order chi connectivity index (χ0) is 13.6. The van der Waals surface area contributed by atoms with Gasteiger partial charge in [-0.25, -0.2) is 0 Å². The number of aromatic nitrogens is 2. The monoisotopic (exact) mass is 267 g/mol. The van der Waals surface area contributed by atoms with E-state index in [9.17, 15) is 13.2 Å². The van der Waals surface area contributed by atoms with Gasteiger partial charge >= 0.3 is 6.18 Å². The lowest BCUT2D eigenvalue weighted by molar-refractivity contribution is -0.138. The number of nitrogens with one attached hydrogen (secondary N) is 1. The molecule has 0 saturated carbocycles. The molecule has 0 fully saturated rings. The molecule has 18 heavy (non-hydrogen) atoms. The molecule has 104 valence electrons. The van der Waals surface area contributed by atoms with Crippen LogP contribution < -0.4 is 5.32 Å². The van der Waals surface area contributed by atoms with Gasteiger partial charge in [0.25, 0.3) is 0 Å². The van der Waals surface area contributed by atoms with E-state index in [-0.39, 0.29) is 13.2 Å². The Morgan fingerprint density at radius 1 is 1.50 bits per heavy atom. The maximum Gasteiger partial charge on any atom is 0.408 e. The van der Waals surface area contributed by atoms with Crippen molar-refractivity contribution in [1.29, 1.82) is 0 Å². The normalized spacial score (nSPS) is 13.6. The van der Waals surface area contributed by atoms with Gasteiger partial charge < -0.3 is 15.2 Å². The van der Waals surface area contributed by atoms with Crippen LogP contribution >= 0.6 is 0 Å². The minimum Gasteiger partial charge on any atom is -0.394 e. The zero-order valence-electron chi connectivity index (χ0n) is 9.94. The summed E-state index contributed by atoms with van der Waals surface area (Å²) in [5.74, 6) is 0. The number of aliphatic hydroxyl groups excluding tert-OH is 1. The zero-order valence-corrected chi connectivity index (χ0v) is 9.94. The number of ether oxygens (including phenoxy) is 1. The summed E-state index contributed by atoms with van der Waals surface area (Å²) in [5, 5.41) is 14.7. The Morgan fingerprint density at radius 2 is 2.22 bits per heavy atom. The predicted octanol–water partition coefficient (Wildman–Crippen LogP) is 1.25. The van der Waals surface area contributed by atoms with Crippen LogP contribution in [0.4, 0.5) is 18.9 Å². The Bertz CT molecular complexity index is 354. The van der Waals surface area contributed by atoms with Crippen molar-refractivity contribution in [2.45, 2.75) is 25.7 Å². The summed E-state index contributed by atoms with van der Waals surface area (Å²) in [6, 6.07) is -1.62. The third kappa shape index (κ3) is 4.92. The van der Waals surface area contributed by atoms with Crippen molar-refractivity contribution in [2.75, 3.05) is 25.1 Å². The molecule has 5 nitrogen and oxygen atoms in total. The molecule has 0 radical (unpaired) electrons. The summed E-state index contributed by atoms with van der Waals surface area (Å²) >= 11 is 0. The summed E-state index contributed by atoms with van der Waals surface area (Å²) in [7, 11) is 0. The van der Waals surface area contributed by atoms with Crippen LogP contribution in [-0.2, 0) is 11.3 Å². The largest absolute Gasteiger partial charge is 0.408 e. The van der Waals surface area contributed by atoms with E-state index < -0.39 is 12.2 Å². The average molecular weight is 267 g/mol. The molecular weight excluding hydrogens is 251 g/mol. The first kappa shape index (κ1) is 14.8. The summed E-state index contributed by atoms with van der Waals surface area (Å²) < 4.78 is 43.4. The number of aliphatic hydroxyl groups is 1. The first-order valence-corrected chi connectivity index (χ1v) is 5.48. The van der Waals surface area contributed by atoms with Crippen LogP contribution in [0.3, 0.4) is 0 Å². The van der Waals surface area contributed by atoms with E-state index in [2.05, 4.69) is 10.4 Å². The van der Waals surface area contributed by atoms with Gasteiger partial charge in [-0.05, 0) is 6.92 Å². The van der Waals surface area contributed by atoms with E-state index >= 15 is 0 Å². The van der Waals surface area contributed by atoms with Crippen LogP contribution in [0.2, 0.25) is 0 Å². The third-order valence-corrected chi connectivity index (χ3v) is 2.21. The first-order valence-electron chi connectivity index (χ1n) is 5.48. The van der Waals surface area contributed by atoms with Crippen molar-refractivity contribution in [3.63, 3.8) is 0 Å². The molecule has 1 atom stereocenters. The predicted molar refractivity (Wildman–Crippen MR) is 59.3 cm³/mol. The second kappa shape index (κ2) is 6.60. The second-order valence-corrected chi connectivity index (χ2v) is 3.74. The van der Waals surface area contributed by atoms with Gasteiger partial charge in [0.1, 0.15) is 6.04 Å². The molecule has 1 aromatic heterocycles. The lowest BCUT2D eigenvalue weighted by Gasteiger charge is -2.16. The Balaban J connectivity index is 2.39. The first-order chi connectivity index (χ1) is 8.43. The summed E-state index contributed by atoms with van der Waals surface area (Å²) in [6.07, 6.45) is -1.48. The molecular formula is C10H16F3N3O2. The van der Waals surface area contributed by atoms with Crippen LogP contribution in [0.25, 0.3) is 0 Å². The maximum absolute atomic E-state index is 12.3. The highest BCUT2D eigenvalue weighted by atomic mass is 19.4. The molecule has 0 aliphatic rings. The molecule has 0 aromatic carbocycles. The highest BCUT2D eigenvalue weighted by Crippen LogP contribution is 2.22. The molecule has 0 bridgehead atoms. The number of alkyl halides is 3. The van der Waals surface area contributed by atoms with Crippen LogP contribution in [0, 0.1) is 0 Å². The smallest absolute Gasteiger partial charge is 0.394 e. The maximum atomic E-state index is 12.3. The minimum absolute atomic E-state index is 0.0605. The molecule has 1 rings (SSSR count). The molecule has 0 amide bonds. The highest BCUT2D eigenvalue weighted by Gasteiger charge is 2.36. The SMILES string of the molecule is CC(Nc1cnn(CCOCCO)c1)C(F)(F)F. The Morgan fingerprint density at radius 3 is 2.83 bits per heavy atom. The summed E-state index contributed by atoms with van der Waals surface area (Å²) in [4.78, 5) is 0. The highest BCUT2D eigenvalue weighted by molar-refractivity contribution is 5.39. The van der Waals surface area contributed by atoms with Gasteiger partial charge in [0.05, 0.1) is 38.2 Å². The molecule has 0 aliphatic carbocycles. The van der Waals surface area contributed by atoms with Crippen molar-refractivity contribution in [3.8, 4) is 0 Å². The summed E-state index contributed by atoms with van der Waals surface area (Å²) in [6.45, 7) is 1.98. The number of rotatable bonds is 7. The van der Waals surface area contributed by atoms with Gasteiger partial charge in [-0.3, -0.25) is 4.68 Å². The molecule has 1 heterocycles. The standard InChI is InChI=1S/C10H16F3N3O2/c1-8(10(11,12)13)15-9-6-14-16(7-9)2-4-18-5-3-17/h6-8,15,17H,2-5H2,1H3. The molecule has 1 aromatic rings. The fourth-order valence-electron chi connectivity index (χ4n) is 1.22. The van der Waals surface area contributed by atoms with Crippen LogP contribution in [0.5, 0.6) is 0 Å². The number of halogens is 3. The van der Waals surface area contributed by atoms with E-state index in [0.717, 1.165) is 6.92 Å². The number of hydrogen-bond acceptors (Lipinski definition) is 4. The van der Waals surface area contributed by atoms with Gasteiger partial charge in [0, 0.05) is 6.20 Å². The molecule has 2 N–H and O–H groups in total. The van der Waals surface area contributed by atoms with E-state index in [0.29, 0.717) is 18.8 Å². The van der Waals surface area contributed by atoms with Crippen molar-refractivity contribution in [2.24, 2.45) is 0 Å². The van der Waals surface area contributed by atoms with Gasteiger partial charge in [-0.2, -0.15) is 18.3 Å². The number of nitrogens with zero attached hydrogens (tertiary/aromatic N) is 2. The lowest BCUT2D eigenvalue weighted by atomic mass is 10.3. The Hall–Kier alpha value is -1.28. The Kier molecular flexibility index (Phi) is 5.42. The quantitative estimate of drug-likeness (QED) is 0.730. The average Bonchev–Trinajstić information content (AvgIpc) is 2.71. The number of anilines is 1. The fraction of sp³-hybridized carbons (Fsp3) is 0.700. The number of hydrogen-bond donors (Lipinski definition) is 2. The Labute approximate surface area is 103 Å². The minimum atomic E-state index is -4.29.